The lowest BCUT2D eigenvalue weighted by molar-refractivity contribution is -0.342. The van der Waals surface area contributed by atoms with Gasteiger partial charge in [-0.05, 0) is 18.2 Å². The second-order valence-corrected chi connectivity index (χ2v) is 5.07. The first-order valence-corrected chi connectivity index (χ1v) is 6.19. The van der Waals surface area contributed by atoms with Crippen LogP contribution in [0.25, 0.3) is 5.76 Å². The molecule has 0 aliphatic rings. The summed E-state index contributed by atoms with van der Waals surface area (Å²) in [7, 11) is 0. The number of hydrogen-bond donors (Lipinski definition) is 1. The van der Waals surface area contributed by atoms with Gasteiger partial charge in [0.05, 0.1) is 0 Å². The number of ketones is 1. The number of benzene rings is 1. The van der Waals surface area contributed by atoms with Crippen LogP contribution in [0.5, 0.6) is 0 Å². The molecule has 0 amide bonds. The smallest absolute Gasteiger partial charge is 0.460 e. The van der Waals surface area contributed by atoms with E-state index in [4.69, 9.17) is 23.2 Å². The molecule has 2 nitrogen and oxygen atoms in total. The van der Waals surface area contributed by atoms with E-state index in [0.29, 0.717) is 0 Å². The number of carbonyl (C=O) groups is 1. The zero-order valence-electron chi connectivity index (χ0n) is 10.6. The van der Waals surface area contributed by atoms with E-state index in [2.05, 4.69) is 0 Å². The fraction of sp³-hybridized carbons (Fsp3) is 0.250. The van der Waals surface area contributed by atoms with Gasteiger partial charge in [-0.3, -0.25) is 4.79 Å². The van der Waals surface area contributed by atoms with Crippen LogP contribution in [0.4, 0.5) is 30.7 Å². The molecule has 0 atom stereocenters. The van der Waals surface area contributed by atoms with Crippen LogP contribution in [0, 0.1) is 0 Å². The Labute approximate surface area is 134 Å². The Hall–Kier alpha value is -1.48. The lowest BCUT2D eigenvalue weighted by atomic mass is 10.0. The minimum absolute atomic E-state index is 0.104. The molecule has 23 heavy (non-hydrogen) atoms. The van der Waals surface area contributed by atoms with E-state index in [0.717, 1.165) is 18.2 Å². The maximum Gasteiger partial charge on any atom is 0.460 e. The maximum absolute atomic E-state index is 13.1. The van der Waals surface area contributed by atoms with Gasteiger partial charge in [-0.25, -0.2) is 0 Å². The van der Waals surface area contributed by atoms with Crippen LogP contribution < -0.4 is 0 Å². The van der Waals surface area contributed by atoms with Gasteiger partial charge in [0.1, 0.15) is 5.76 Å². The molecular formula is C12H5Cl2F7O2. The first-order chi connectivity index (χ1) is 10.2. The van der Waals surface area contributed by atoms with Gasteiger partial charge < -0.3 is 5.11 Å². The summed E-state index contributed by atoms with van der Waals surface area (Å²) in [4.78, 5) is 11.1. The third-order valence-electron chi connectivity index (χ3n) is 2.49. The standard InChI is InChI=1S/C12H5Cl2F7O2/c13-6-1-5(2-7(14)3-6)8(22)4-9(23)10(15,16)11(17,18)12(19,20)21/h1-4,22H/b8-4-. The molecule has 0 spiro atoms. The number of alkyl halides is 7. The van der Waals surface area contributed by atoms with Gasteiger partial charge in [0.15, 0.2) is 0 Å². The van der Waals surface area contributed by atoms with Crippen molar-refractivity contribution in [1.82, 2.24) is 0 Å². The molecule has 1 N–H and O–H groups in total. The molecule has 0 saturated carbocycles. The molecule has 1 aromatic rings. The third-order valence-corrected chi connectivity index (χ3v) is 2.92. The minimum Gasteiger partial charge on any atom is -0.507 e. The Morgan fingerprint density at radius 2 is 1.39 bits per heavy atom. The molecule has 0 radical (unpaired) electrons. The fourth-order valence-corrected chi connectivity index (χ4v) is 1.86. The average Bonchev–Trinajstić information content (AvgIpc) is 2.35. The van der Waals surface area contributed by atoms with Crippen LogP contribution in [-0.2, 0) is 4.79 Å². The van der Waals surface area contributed by atoms with Crippen molar-refractivity contribution in [3.8, 4) is 0 Å². The van der Waals surface area contributed by atoms with Crippen LogP contribution in [0.3, 0.4) is 0 Å². The van der Waals surface area contributed by atoms with E-state index >= 15 is 0 Å². The highest BCUT2D eigenvalue weighted by Crippen LogP contribution is 2.47. The summed E-state index contributed by atoms with van der Waals surface area (Å²) in [5.74, 6) is -17.0. The summed E-state index contributed by atoms with van der Waals surface area (Å²) in [5.41, 5.74) is -0.429. The Morgan fingerprint density at radius 1 is 0.957 bits per heavy atom. The first kappa shape index (κ1) is 19.6. The number of aliphatic hydroxyl groups excluding tert-OH is 1. The fourth-order valence-electron chi connectivity index (χ4n) is 1.33. The third kappa shape index (κ3) is 3.89. The van der Waals surface area contributed by atoms with Crippen molar-refractivity contribution in [2.45, 2.75) is 18.0 Å². The molecule has 0 aliphatic carbocycles. The monoisotopic (exact) mass is 384 g/mol. The summed E-state index contributed by atoms with van der Waals surface area (Å²) in [5, 5.41) is 9.23. The van der Waals surface area contributed by atoms with Crippen molar-refractivity contribution in [2.24, 2.45) is 0 Å². The lowest BCUT2D eigenvalue weighted by Crippen LogP contribution is -2.55. The lowest BCUT2D eigenvalue weighted by Gasteiger charge is -2.26. The van der Waals surface area contributed by atoms with Gasteiger partial charge in [0.25, 0.3) is 0 Å². The van der Waals surface area contributed by atoms with Crippen molar-refractivity contribution >= 4 is 34.7 Å². The van der Waals surface area contributed by atoms with Gasteiger partial charge in [0, 0.05) is 21.7 Å². The molecule has 0 bridgehead atoms. The minimum atomic E-state index is -6.66. The first-order valence-electron chi connectivity index (χ1n) is 5.44. The molecule has 0 heterocycles. The summed E-state index contributed by atoms with van der Waals surface area (Å²) >= 11 is 11.1. The van der Waals surface area contributed by atoms with Crippen molar-refractivity contribution in [2.75, 3.05) is 0 Å². The summed E-state index contributed by atoms with van der Waals surface area (Å²) < 4.78 is 87.4. The van der Waals surface area contributed by atoms with E-state index in [-0.39, 0.29) is 10.0 Å². The zero-order chi connectivity index (χ0) is 18.2. The van der Waals surface area contributed by atoms with Crippen molar-refractivity contribution in [3.05, 3.63) is 39.9 Å². The second-order valence-electron chi connectivity index (χ2n) is 4.20. The molecule has 128 valence electrons. The zero-order valence-corrected chi connectivity index (χ0v) is 12.1. The van der Waals surface area contributed by atoms with Crippen LogP contribution in [-0.4, -0.2) is 28.9 Å². The van der Waals surface area contributed by atoms with E-state index in [9.17, 15) is 40.6 Å². The SMILES string of the molecule is O=C(/C=C(\O)c1cc(Cl)cc(Cl)c1)C(F)(F)C(F)(F)C(F)(F)F. The predicted molar refractivity (Wildman–Crippen MR) is 68.0 cm³/mol. The highest BCUT2D eigenvalue weighted by molar-refractivity contribution is 6.34. The molecule has 1 rings (SSSR count). The molecular weight excluding hydrogens is 380 g/mol. The quantitative estimate of drug-likeness (QED) is 0.434. The number of aliphatic hydroxyl groups is 1. The molecule has 0 fully saturated rings. The Balaban J connectivity index is 3.23. The number of hydrogen-bond acceptors (Lipinski definition) is 2. The van der Waals surface area contributed by atoms with Crippen molar-refractivity contribution < 1.29 is 40.6 Å². The topological polar surface area (TPSA) is 37.3 Å². The number of halogens is 9. The van der Waals surface area contributed by atoms with Gasteiger partial charge in [0.2, 0.25) is 5.78 Å². The largest absolute Gasteiger partial charge is 0.507 e. The van der Waals surface area contributed by atoms with Gasteiger partial charge >= 0.3 is 18.0 Å². The number of allylic oxidation sites excluding steroid dienone is 1. The number of rotatable bonds is 4. The van der Waals surface area contributed by atoms with Gasteiger partial charge in [-0.2, -0.15) is 30.7 Å². The molecule has 0 aliphatic heterocycles. The Kier molecular flexibility index (Phi) is 5.27. The van der Waals surface area contributed by atoms with Crippen LogP contribution in [0.1, 0.15) is 5.56 Å². The predicted octanol–water partition coefficient (Wildman–Crippen LogP) is 5.29. The van der Waals surface area contributed by atoms with Gasteiger partial charge in [-0.15, -0.1) is 0 Å². The maximum atomic E-state index is 13.1. The van der Waals surface area contributed by atoms with Gasteiger partial charge in [-0.1, -0.05) is 23.2 Å². The Morgan fingerprint density at radius 3 is 1.78 bits per heavy atom. The molecule has 1 aromatic carbocycles. The highest BCUT2D eigenvalue weighted by Gasteiger charge is 2.75. The van der Waals surface area contributed by atoms with Crippen molar-refractivity contribution in [3.63, 3.8) is 0 Å². The molecule has 0 saturated heterocycles. The summed E-state index contributed by atoms with van der Waals surface area (Å²) in [6.45, 7) is 0. The van der Waals surface area contributed by atoms with Crippen LogP contribution in [0.2, 0.25) is 10.0 Å². The molecule has 0 aromatic heterocycles. The number of carbonyl (C=O) groups excluding carboxylic acids is 1. The van der Waals surface area contributed by atoms with E-state index in [1.807, 2.05) is 0 Å². The molecule has 11 heteroatoms. The highest BCUT2D eigenvalue weighted by atomic mass is 35.5. The van der Waals surface area contributed by atoms with Crippen LogP contribution >= 0.6 is 23.2 Å². The van der Waals surface area contributed by atoms with Crippen molar-refractivity contribution in [1.29, 1.82) is 0 Å². The van der Waals surface area contributed by atoms with Crippen LogP contribution in [0.15, 0.2) is 24.3 Å². The Bertz CT molecular complexity index is 633. The average molecular weight is 385 g/mol. The molecule has 0 unspecified atom stereocenters. The van der Waals surface area contributed by atoms with E-state index in [1.54, 1.807) is 0 Å². The van der Waals surface area contributed by atoms with E-state index in [1.165, 1.54) is 0 Å². The normalized spacial score (nSPS) is 14.0. The summed E-state index contributed by atoms with van der Waals surface area (Å²) in [6, 6.07) is 3.01. The second kappa shape index (κ2) is 6.20. The van der Waals surface area contributed by atoms with E-state index < -0.39 is 41.2 Å². The summed E-state index contributed by atoms with van der Waals surface area (Å²) in [6.07, 6.45) is -7.11.